The number of benzene rings is 1. The Morgan fingerprint density at radius 1 is 1.39 bits per heavy atom. The van der Waals surface area contributed by atoms with E-state index in [0.29, 0.717) is 5.52 Å². The molecule has 1 heterocycles. The van der Waals surface area contributed by atoms with Crippen LogP contribution >= 0.6 is 0 Å². The number of fused-ring (bicyclic) bond motifs is 1. The summed E-state index contributed by atoms with van der Waals surface area (Å²) in [6, 6.07) is 3.68. The molecule has 9 heteroatoms. The topological polar surface area (TPSA) is 139 Å². The number of aromatic amines is 1. The predicted molar refractivity (Wildman–Crippen MR) is 58.1 cm³/mol. The van der Waals surface area contributed by atoms with Gasteiger partial charge < -0.3 is 4.98 Å². The number of non-ortho nitro benzene ring substituents is 1. The van der Waals surface area contributed by atoms with Crippen molar-refractivity contribution in [1.29, 1.82) is 5.26 Å². The van der Waals surface area contributed by atoms with Gasteiger partial charge in [-0.25, -0.2) is 4.98 Å². The normalized spacial score (nSPS) is 11.9. The van der Waals surface area contributed by atoms with Gasteiger partial charge in [0, 0.05) is 17.1 Å². The van der Waals surface area contributed by atoms with Gasteiger partial charge in [0.05, 0.1) is 16.0 Å². The first-order chi connectivity index (χ1) is 8.52. The molecule has 0 unspecified atom stereocenters. The fraction of sp³-hybridized carbons (Fsp3) is 0.111. The van der Waals surface area contributed by atoms with Crippen molar-refractivity contribution in [2.45, 2.75) is 6.04 Å². The molecule has 2 aromatic rings. The molecule has 0 aliphatic rings. The van der Waals surface area contributed by atoms with Crippen LogP contribution in [0.5, 0.6) is 0 Å². The van der Waals surface area contributed by atoms with Gasteiger partial charge in [0.2, 0.25) is 0 Å². The zero-order valence-electron chi connectivity index (χ0n) is 8.73. The molecule has 0 amide bonds. The third-order valence-electron chi connectivity index (χ3n) is 2.29. The highest BCUT2D eigenvalue weighted by molar-refractivity contribution is 5.77. The first kappa shape index (κ1) is 11.5. The molecule has 2 rings (SSSR count). The number of H-pyrrole nitrogens is 1. The number of hydrogen-bond donors (Lipinski definition) is 1. The van der Waals surface area contributed by atoms with Gasteiger partial charge in [-0.05, 0) is 6.07 Å². The van der Waals surface area contributed by atoms with Crippen LogP contribution in [0.4, 0.5) is 5.69 Å². The summed E-state index contributed by atoms with van der Waals surface area (Å²) >= 11 is 0. The molecule has 1 atom stereocenters. The Morgan fingerprint density at radius 3 is 2.67 bits per heavy atom. The Balaban J connectivity index is 2.54. The van der Waals surface area contributed by atoms with Crippen LogP contribution in [0.1, 0.15) is 11.9 Å². The lowest BCUT2D eigenvalue weighted by Gasteiger charge is -1.94. The van der Waals surface area contributed by atoms with Crippen LogP contribution in [0.3, 0.4) is 0 Å². The van der Waals surface area contributed by atoms with E-state index in [1.807, 2.05) is 0 Å². The number of hydrogen-bond acceptors (Lipinski definition) is 6. The molecule has 18 heavy (non-hydrogen) atoms. The summed E-state index contributed by atoms with van der Waals surface area (Å²) in [6.07, 6.45) is 0. The fourth-order valence-corrected chi connectivity index (χ4v) is 1.47. The van der Waals surface area contributed by atoms with Crippen molar-refractivity contribution in [2.24, 2.45) is 0 Å². The molecular weight excluding hydrogens is 242 g/mol. The van der Waals surface area contributed by atoms with Crippen LogP contribution in [-0.2, 0) is 0 Å². The van der Waals surface area contributed by atoms with E-state index < -0.39 is 15.9 Å². The van der Waals surface area contributed by atoms with Crippen molar-refractivity contribution in [3.8, 4) is 6.07 Å². The van der Waals surface area contributed by atoms with Gasteiger partial charge >= 0.3 is 6.04 Å². The average Bonchev–Trinajstić information content (AvgIpc) is 2.71. The molecule has 90 valence electrons. The van der Waals surface area contributed by atoms with Gasteiger partial charge in [0.15, 0.2) is 11.9 Å². The second kappa shape index (κ2) is 4.10. The second-order valence-electron chi connectivity index (χ2n) is 3.40. The molecule has 1 aromatic heterocycles. The van der Waals surface area contributed by atoms with Crippen LogP contribution in [0.15, 0.2) is 18.2 Å². The lowest BCUT2D eigenvalue weighted by atomic mass is 10.3. The van der Waals surface area contributed by atoms with Crippen LogP contribution in [0.2, 0.25) is 0 Å². The van der Waals surface area contributed by atoms with Crippen molar-refractivity contribution in [2.75, 3.05) is 0 Å². The monoisotopic (exact) mass is 247 g/mol. The molecular formula is C9H5N5O4. The molecule has 0 saturated carbocycles. The molecule has 0 aliphatic carbocycles. The highest BCUT2D eigenvalue weighted by atomic mass is 16.6. The highest BCUT2D eigenvalue weighted by Crippen LogP contribution is 2.21. The first-order valence-electron chi connectivity index (χ1n) is 4.70. The number of imidazole rings is 1. The SMILES string of the molecule is N#C[C@H](c1nc2ccc([N+](=O)[O-])cc2[nH]1)[N+](=O)[O-]. The number of nitro groups is 2. The number of rotatable bonds is 3. The van der Waals surface area contributed by atoms with Crippen molar-refractivity contribution >= 4 is 16.7 Å². The molecule has 1 N–H and O–H groups in total. The minimum absolute atomic E-state index is 0.141. The third kappa shape index (κ3) is 1.82. The Bertz CT molecular complexity index is 686. The Kier molecular flexibility index (Phi) is 2.61. The number of nitrogens with zero attached hydrogens (tertiary/aromatic N) is 4. The summed E-state index contributed by atoms with van der Waals surface area (Å²) in [5.74, 6) is -0.141. The van der Waals surface area contributed by atoms with E-state index in [1.54, 1.807) is 0 Å². The van der Waals surface area contributed by atoms with E-state index in [-0.39, 0.29) is 17.0 Å². The molecule has 0 saturated heterocycles. The van der Waals surface area contributed by atoms with E-state index >= 15 is 0 Å². The second-order valence-corrected chi connectivity index (χ2v) is 3.40. The maximum atomic E-state index is 10.6. The lowest BCUT2D eigenvalue weighted by Crippen LogP contribution is -2.09. The quantitative estimate of drug-likeness (QED) is 0.640. The predicted octanol–water partition coefficient (Wildman–Crippen LogP) is 1.31. The summed E-state index contributed by atoms with van der Waals surface area (Å²) < 4.78 is 0. The Labute approximate surface area is 99.0 Å². The summed E-state index contributed by atoms with van der Waals surface area (Å²) in [7, 11) is 0. The molecule has 0 aliphatic heterocycles. The van der Waals surface area contributed by atoms with E-state index in [2.05, 4.69) is 9.97 Å². The summed E-state index contributed by atoms with van der Waals surface area (Å²) in [5.41, 5.74) is 0.450. The van der Waals surface area contributed by atoms with Gasteiger partial charge in [-0.15, -0.1) is 0 Å². The van der Waals surface area contributed by atoms with Gasteiger partial charge in [0.1, 0.15) is 0 Å². The van der Waals surface area contributed by atoms with Crippen molar-refractivity contribution in [3.05, 3.63) is 44.3 Å². The lowest BCUT2D eigenvalue weighted by molar-refractivity contribution is -0.514. The fourth-order valence-electron chi connectivity index (χ4n) is 1.47. The minimum Gasteiger partial charge on any atom is -0.335 e. The van der Waals surface area contributed by atoms with Gasteiger partial charge in [-0.2, -0.15) is 5.26 Å². The summed E-state index contributed by atoms with van der Waals surface area (Å²) in [5, 5.41) is 29.8. The molecule has 1 aromatic carbocycles. The Morgan fingerprint density at radius 2 is 2.11 bits per heavy atom. The third-order valence-corrected chi connectivity index (χ3v) is 2.29. The molecule has 0 fully saturated rings. The largest absolute Gasteiger partial charge is 0.353 e. The molecule has 0 radical (unpaired) electrons. The van der Waals surface area contributed by atoms with Gasteiger partial charge in [0.25, 0.3) is 5.69 Å². The van der Waals surface area contributed by atoms with Crippen LogP contribution in [0, 0.1) is 31.6 Å². The zero-order chi connectivity index (χ0) is 13.3. The van der Waals surface area contributed by atoms with Gasteiger partial charge in [-0.1, -0.05) is 0 Å². The van der Waals surface area contributed by atoms with E-state index in [0.717, 1.165) is 0 Å². The number of nitriles is 1. The van der Waals surface area contributed by atoms with Crippen molar-refractivity contribution < 1.29 is 9.85 Å². The zero-order valence-corrected chi connectivity index (χ0v) is 8.73. The first-order valence-corrected chi connectivity index (χ1v) is 4.70. The van der Waals surface area contributed by atoms with Crippen molar-refractivity contribution in [1.82, 2.24) is 9.97 Å². The van der Waals surface area contributed by atoms with Crippen LogP contribution in [0.25, 0.3) is 11.0 Å². The van der Waals surface area contributed by atoms with Crippen LogP contribution in [-0.4, -0.2) is 19.8 Å². The summed E-state index contributed by atoms with van der Waals surface area (Å²) in [6.45, 7) is 0. The Hall–Kier alpha value is -3.02. The molecule has 0 bridgehead atoms. The van der Waals surface area contributed by atoms with Crippen molar-refractivity contribution in [3.63, 3.8) is 0 Å². The maximum Gasteiger partial charge on any atom is 0.353 e. The average molecular weight is 247 g/mol. The van der Waals surface area contributed by atoms with E-state index in [1.165, 1.54) is 24.3 Å². The minimum atomic E-state index is -1.61. The highest BCUT2D eigenvalue weighted by Gasteiger charge is 2.26. The van der Waals surface area contributed by atoms with E-state index in [4.69, 9.17) is 5.26 Å². The van der Waals surface area contributed by atoms with E-state index in [9.17, 15) is 20.2 Å². The molecule has 9 nitrogen and oxygen atoms in total. The van der Waals surface area contributed by atoms with Gasteiger partial charge in [-0.3, -0.25) is 20.2 Å². The summed E-state index contributed by atoms with van der Waals surface area (Å²) in [4.78, 5) is 26.2. The number of nitrogens with one attached hydrogen (secondary N) is 1. The smallest absolute Gasteiger partial charge is 0.335 e. The number of aromatic nitrogens is 2. The maximum absolute atomic E-state index is 10.6. The van der Waals surface area contributed by atoms with Crippen LogP contribution < -0.4 is 0 Å². The number of nitro benzene ring substituents is 1. The standard InChI is InChI=1S/C9H5N5O4/c10-4-8(14(17)18)9-11-6-2-1-5(13(15)16)3-7(6)12-9/h1-3,8H,(H,11,12)/t8-/m1/s1. The molecule has 0 spiro atoms.